The molecule has 0 heterocycles. The summed E-state index contributed by atoms with van der Waals surface area (Å²) in [6, 6.07) is 6.36. The van der Waals surface area contributed by atoms with Crippen LogP contribution in [0.15, 0.2) is 32.6 Å². The van der Waals surface area contributed by atoms with Gasteiger partial charge in [0.1, 0.15) is 0 Å². The van der Waals surface area contributed by atoms with Gasteiger partial charge in [0.2, 0.25) is 6.08 Å². The quantitative estimate of drug-likeness (QED) is 0.436. The van der Waals surface area contributed by atoms with Gasteiger partial charge in [-0.25, -0.2) is 4.79 Å². The van der Waals surface area contributed by atoms with Crippen molar-refractivity contribution in [2.75, 3.05) is 0 Å². The molecular formula is C15H18BrNOS. The highest BCUT2D eigenvalue weighted by atomic mass is 79.9. The van der Waals surface area contributed by atoms with Crippen LogP contribution < -0.4 is 0 Å². The molecule has 0 spiro atoms. The van der Waals surface area contributed by atoms with E-state index in [4.69, 9.17) is 0 Å². The first-order valence-electron chi connectivity index (χ1n) is 6.63. The Balaban J connectivity index is 2.35. The lowest BCUT2D eigenvalue weighted by Crippen LogP contribution is -2.18. The van der Waals surface area contributed by atoms with Crippen molar-refractivity contribution in [3.05, 3.63) is 28.2 Å². The molecule has 1 aromatic carbocycles. The molecular weight excluding hydrogens is 322 g/mol. The van der Waals surface area contributed by atoms with Crippen molar-refractivity contribution in [1.29, 1.82) is 0 Å². The highest BCUT2D eigenvalue weighted by molar-refractivity contribution is 9.10. The summed E-state index contributed by atoms with van der Waals surface area (Å²) >= 11 is 5.47. The number of rotatable bonds is 4. The van der Waals surface area contributed by atoms with Gasteiger partial charge >= 0.3 is 0 Å². The fourth-order valence-corrected chi connectivity index (χ4v) is 4.14. The molecule has 0 radical (unpaired) electrons. The van der Waals surface area contributed by atoms with Gasteiger partial charge in [-0.05, 0) is 46.5 Å². The predicted molar refractivity (Wildman–Crippen MR) is 83.4 cm³/mol. The Morgan fingerprint density at radius 2 is 2.05 bits per heavy atom. The third-order valence-corrected chi connectivity index (χ3v) is 5.52. The van der Waals surface area contributed by atoms with Gasteiger partial charge in [0.05, 0.1) is 5.54 Å². The SMILES string of the molecule is CC(C)Sc1ccc(C2(N=C=O)CCCC2)cc1Br. The summed E-state index contributed by atoms with van der Waals surface area (Å²) in [6.45, 7) is 4.36. The van der Waals surface area contributed by atoms with Crippen molar-refractivity contribution in [3.8, 4) is 0 Å². The number of thioether (sulfide) groups is 1. The van der Waals surface area contributed by atoms with Crippen LogP contribution in [-0.4, -0.2) is 11.3 Å². The van der Waals surface area contributed by atoms with Gasteiger partial charge in [0.25, 0.3) is 0 Å². The van der Waals surface area contributed by atoms with Crippen LogP contribution in [0.1, 0.15) is 45.1 Å². The first kappa shape index (κ1) is 14.8. The third-order valence-electron chi connectivity index (χ3n) is 3.52. The molecule has 102 valence electrons. The van der Waals surface area contributed by atoms with Crippen molar-refractivity contribution in [2.24, 2.45) is 4.99 Å². The smallest absolute Gasteiger partial charge is 0.211 e. The zero-order valence-electron chi connectivity index (χ0n) is 11.3. The second kappa shape index (κ2) is 6.25. The second-order valence-corrected chi connectivity index (χ2v) is 7.73. The number of nitrogens with zero attached hydrogens (tertiary/aromatic N) is 1. The van der Waals surface area contributed by atoms with E-state index < -0.39 is 0 Å². The van der Waals surface area contributed by atoms with E-state index in [9.17, 15) is 4.79 Å². The summed E-state index contributed by atoms with van der Waals surface area (Å²) in [5.41, 5.74) is 0.805. The van der Waals surface area contributed by atoms with E-state index in [1.54, 1.807) is 6.08 Å². The molecule has 0 N–H and O–H groups in total. The summed E-state index contributed by atoms with van der Waals surface area (Å²) in [5, 5.41) is 0.551. The van der Waals surface area contributed by atoms with Crippen molar-refractivity contribution < 1.29 is 4.79 Å². The first-order chi connectivity index (χ1) is 9.07. The maximum Gasteiger partial charge on any atom is 0.235 e. The monoisotopic (exact) mass is 339 g/mol. The molecule has 0 saturated heterocycles. The molecule has 0 unspecified atom stereocenters. The van der Waals surface area contributed by atoms with Crippen molar-refractivity contribution in [3.63, 3.8) is 0 Å². The molecule has 0 aliphatic heterocycles. The zero-order chi connectivity index (χ0) is 13.9. The molecule has 2 rings (SSSR count). The van der Waals surface area contributed by atoms with Gasteiger partial charge in [-0.3, -0.25) is 0 Å². The summed E-state index contributed by atoms with van der Waals surface area (Å²) in [7, 11) is 0. The molecule has 2 nitrogen and oxygen atoms in total. The lowest BCUT2D eigenvalue weighted by molar-refractivity contribution is 0.455. The Hall–Kier alpha value is -0.570. The summed E-state index contributed by atoms with van der Waals surface area (Å²) in [4.78, 5) is 16.1. The van der Waals surface area contributed by atoms with Crippen LogP contribution in [0.2, 0.25) is 0 Å². The second-order valence-electron chi connectivity index (χ2n) is 5.25. The first-order valence-corrected chi connectivity index (χ1v) is 8.30. The van der Waals surface area contributed by atoms with Gasteiger partial charge < -0.3 is 0 Å². The lowest BCUT2D eigenvalue weighted by Gasteiger charge is -2.23. The predicted octanol–water partition coefficient (Wildman–Crippen LogP) is 5.05. The van der Waals surface area contributed by atoms with Crippen LogP contribution in [0.4, 0.5) is 0 Å². The van der Waals surface area contributed by atoms with Crippen molar-refractivity contribution >= 4 is 33.8 Å². The van der Waals surface area contributed by atoms with Crippen LogP contribution in [0.5, 0.6) is 0 Å². The Labute approximate surface area is 127 Å². The molecule has 19 heavy (non-hydrogen) atoms. The Morgan fingerprint density at radius 3 is 2.58 bits per heavy atom. The topological polar surface area (TPSA) is 29.4 Å². The lowest BCUT2D eigenvalue weighted by atomic mass is 9.89. The number of halogens is 1. The Kier molecular flexibility index (Phi) is 4.88. The van der Waals surface area contributed by atoms with Crippen LogP contribution in [-0.2, 0) is 10.3 Å². The van der Waals surface area contributed by atoms with E-state index in [1.165, 1.54) is 4.90 Å². The highest BCUT2D eigenvalue weighted by Crippen LogP contribution is 2.44. The molecule has 1 fully saturated rings. The fourth-order valence-electron chi connectivity index (χ4n) is 2.65. The number of hydrogen-bond donors (Lipinski definition) is 0. The minimum absolute atomic E-state index is 0.328. The average molecular weight is 340 g/mol. The minimum Gasteiger partial charge on any atom is -0.211 e. The molecule has 1 saturated carbocycles. The summed E-state index contributed by atoms with van der Waals surface area (Å²) < 4.78 is 1.09. The van der Waals surface area contributed by atoms with Gasteiger partial charge in [0, 0.05) is 14.6 Å². The Morgan fingerprint density at radius 1 is 1.37 bits per heavy atom. The number of carbonyl (C=O) groups excluding carboxylic acids is 1. The maximum absolute atomic E-state index is 10.7. The highest BCUT2D eigenvalue weighted by Gasteiger charge is 2.35. The molecule has 1 aliphatic carbocycles. The number of benzene rings is 1. The van der Waals surface area contributed by atoms with E-state index >= 15 is 0 Å². The van der Waals surface area contributed by atoms with Crippen LogP contribution >= 0.6 is 27.7 Å². The fraction of sp³-hybridized carbons (Fsp3) is 0.533. The van der Waals surface area contributed by atoms with Gasteiger partial charge in [-0.15, -0.1) is 11.8 Å². The average Bonchev–Trinajstić information content (AvgIpc) is 2.81. The maximum atomic E-state index is 10.7. The van der Waals surface area contributed by atoms with Crippen molar-refractivity contribution in [2.45, 2.75) is 55.2 Å². The molecule has 0 atom stereocenters. The number of hydrogen-bond acceptors (Lipinski definition) is 3. The van der Waals surface area contributed by atoms with Crippen LogP contribution in [0.3, 0.4) is 0 Å². The standard InChI is InChI=1S/C15H18BrNOS/c1-11(2)19-14-6-5-12(9-13(14)16)15(17-10-18)7-3-4-8-15/h5-6,9,11H,3-4,7-8H2,1-2H3. The van der Waals surface area contributed by atoms with Gasteiger partial charge in [-0.1, -0.05) is 32.8 Å². The third kappa shape index (κ3) is 3.31. The van der Waals surface area contributed by atoms with Crippen LogP contribution in [0.25, 0.3) is 0 Å². The normalized spacial score (nSPS) is 17.5. The molecule has 4 heteroatoms. The van der Waals surface area contributed by atoms with E-state index in [0.29, 0.717) is 5.25 Å². The van der Waals surface area contributed by atoms with Crippen molar-refractivity contribution in [1.82, 2.24) is 0 Å². The summed E-state index contributed by atoms with van der Waals surface area (Å²) in [5.74, 6) is 0. The number of aliphatic imine (C=N–C) groups is 1. The zero-order valence-corrected chi connectivity index (χ0v) is 13.7. The van der Waals surface area contributed by atoms with Crippen LogP contribution in [0, 0.1) is 0 Å². The molecule has 0 bridgehead atoms. The molecule has 1 aromatic rings. The summed E-state index contributed by atoms with van der Waals surface area (Å²) in [6.07, 6.45) is 5.93. The van der Waals surface area contributed by atoms with Gasteiger partial charge in [0.15, 0.2) is 0 Å². The van der Waals surface area contributed by atoms with E-state index in [0.717, 1.165) is 35.7 Å². The minimum atomic E-state index is -0.328. The number of isocyanates is 1. The molecule has 1 aliphatic rings. The van der Waals surface area contributed by atoms with E-state index in [2.05, 4.69) is 53.0 Å². The van der Waals surface area contributed by atoms with E-state index in [1.807, 2.05) is 11.8 Å². The van der Waals surface area contributed by atoms with E-state index in [-0.39, 0.29) is 5.54 Å². The molecule has 0 amide bonds. The largest absolute Gasteiger partial charge is 0.235 e. The van der Waals surface area contributed by atoms with Gasteiger partial charge in [-0.2, -0.15) is 4.99 Å². The molecule has 0 aromatic heterocycles. The Bertz CT molecular complexity index is 503.